The summed E-state index contributed by atoms with van der Waals surface area (Å²) in [6.07, 6.45) is 1.94. The molecule has 0 aliphatic carbocycles. The predicted octanol–water partition coefficient (Wildman–Crippen LogP) is 1.18. The van der Waals surface area contributed by atoms with Crippen molar-refractivity contribution in [2.24, 2.45) is 5.73 Å². The second kappa shape index (κ2) is 6.39. The van der Waals surface area contributed by atoms with E-state index in [0.29, 0.717) is 6.54 Å². The maximum absolute atomic E-state index is 12.0. The van der Waals surface area contributed by atoms with Gasteiger partial charge in [0.1, 0.15) is 0 Å². The van der Waals surface area contributed by atoms with E-state index in [1.165, 1.54) is 0 Å². The van der Waals surface area contributed by atoms with E-state index < -0.39 is 10.0 Å². The fourth-order valence-electron chi connectivity index (χ4n) is 1.46. The fourth-order valence-corrected chi connectivity index (χ4v) is 3.46. The van der Waals surface area contributed by atoms with Gasteiger partial charge < -0.3 is 5.73 Å². The summed E-state index contributed by atoms with van der Waals surface area (Å²) in [4.78, 5) is 0.272. The van der Waals surface area contributed by atoms with Crippen molar-refractivity contribution in [2.75, 3.05) is 12.0 Å². The molecule has 17 heavy (non-hydrogen) atoms. The van der Waals surface area contributed by atoms with Gasteiger partial charge in [0.2, 0.25) is 10.0 Å². The molecule has 0 fully saturated rings. The van der Waals surface area contributed by atoms with Crippen LogP contribution >= 0.6 is 11.8 Å². The first-order chi connectivity index (χ1) is 7.99. The number of nitrogens with one attached hydrogen (secondary N) is 1. The smallest absolute Gasteiger partial charge is 0.240 e. The molecule has 1 rings (SSSR count). The largest absolute Gasteiger partial charge is 0.326 e. The van der Waals surface area contributed by atoms with Crippen molar-refractivity contribution >= 4 is 21.8 Å². The van der Waals surface area contributed by atoms with Crippen molar-refractivity contribution in [3.63, 3.8) is 0 Å². The van der Waals surface area contributed by atoms with Crippen molar-refractivity contribution in [3.8, 4) is 0 Å². The third-order valence-electron chi connectivity index (χ3n) is 2.22. The monoisotopic (exact) mass is 274 g/mol. The Hall–Kier alpha value is -0.560. The Kier molecular flexibility index (Phi) is 5.45. The molecular formula is C11H18N2O2S2. The molecule has 0 spiro atoms. The SMILES string of the molecule is CSCC(C)NS(=O)(=O)c1cccc(CN)c1. The third kappa shape index (κ3) is 4.31. The highest BCUT2D eigenvalue weighted by Crippen LogP contribution is 2.12. The molecule has 0 aliphatic heterocycles. The lowest BCUT2D eigenvalue weighted by Crippen LogP contribution is -2.34. The standard InChI is InChI=1S/C11H18N2O2S2/c1-9(8-16-2)13-17(14,15)11-5-3-4-10(6-11)7-12/h3-6,9,13H,7-8,12H2,1-2H3. The van der Waals surface area contributed by atoms with Gasteiger partial charge in [-0.05, 0) is 30.9 Å². The molecule has 1 aromatic carbocycles. The molecule has 0 saturated carbocycles. The summed E-state index contributed by atoms with van der Waals surface area (Å²) in [5.74, 6) is 0.746. The Balaban J connectivity index is 2.89. The highest BCUT2D eigenvalue weighted by Gasteiger charge is 2.16. The summed E-state index contributed by atoms with van der Waals surface area (Å²) in [6, 6.07) is 6.61. The number of hydrogen-bond donors (Lipinski definition) is 2. The Morgan fingerprint density at radius 3 is 2.76 bits per heavy atom. The number of sulfonamides is 1. The third-order valence-corrected chi connectivity index (χ3v) is 4.64. The average Bonchev–Trinajstić information content (AvgIpc) is 2.28. The Morgan fingerprint density at radius 2 is 2.18 bits per heavy atom. The summed E-state index contributed by atoms with van der Waals surface area (Å²) in [7, 11) is -3.43. The first kappa shape index (κ1) is 14.5. The summed E-state index contributed by atoms with van der Waals surface area (Å²) >= 11 is 1.61. The van der Waals surface area contributed by atoms with E-state index >= 15 is 0 Å². The van der Waals surface area contributed by atoms with Gasteiger partial charge in [-0.1, -0.05) is 12.1 Å². The molecule has 0 aromatic heterocycles. The zero-order chi connectivity index (χ0) is 12.9. The van der Waals surface area contributed by atoms with E-state index in [2.05, 4.69) is 4.72 Å². The molecule has 0 radical (unpaired) electrons. The molecule has 1 unspecified atom stereocenters. The van der Waals surface area contributed by atoms with Crippen LogP contribution < -0.4 is 10.5 Å². The molecule has 4 nitrogen and oxygen atoms in total. The molecule has 3 N–H and O–H groups in total. The Morgan fingerprint density at radius 1 is 1.47 bits per heavy atom. The van der Waals surface area contributed by atoms with Crippen LogP contribution in [0.5, 0.6) is 0 Å². The molecule has 1 aromatic rings. The molecule has 0 saturated heterocycles. The van der Waals surface area contributed by atoms with Crippen LogP contribution in [0.2, 0.25) is 0 Å². The summed E-state index contributed by atoms with van der Waals surface area (Å²) in [5.41, 5.74) is 6.30. The van der Waals surface area contributed by atoms with Gasteiger partial charge in [0.15, 0.2) is 0 Å². The lowest BCUT2D eigenvalue weighted by molar-refractivity contribution is 0.571. The van der Waals surface area contributed by atoms with Gasteiger partial charge >= 0.3 is 0 Å². The topological polar surface area (TPSA) is 72.2 Å². The maximum Gasteiger partial charge on any atom is 0.240 e. The van der Waals surface area contributed by atoms with E-state index in [9.17, 15) is 8.42 Å². The molecule has 1 atom stereocenters. The number of rotatable bonds is 6. The number of thioether (sulfide) groups is 1. The summed E-state index contributed by atoms with van der Waals surface area (Å²) in [5, 5.41) is 0. The van der Waals surface area contributed by atoms with Crippen molar-refractivity contribution in [1.82, 2.24) is 4.72 Å². The van der Waals surface area contributed by atoms with Crippen LogP contribution in [0.3, 0.4) is 0 Å². The minimum atomic E-state index is -3.43. The van der Waals surface area contributed by atoms with Crippen LogP contribution in [0.4, 0.5) is 0 Å². The van der Waals surface area contributed by atoms with Crippen LogP contribution in [0.25, 0.3) is 0 Å². The van der Waals surface area contributed by atoms with E-state index in [1.54, 1.807) is 30.0 Å². The van der Waals surface area contributed by atoms with Gasteiger partial charge in [0.25, 0.3) is 0 Å². The van der Waals surface area contributed by atoms with Crippen LogP contribution in [-0.2, 0) is 16.6 Å². The van der Waals surface area contributed by atoms with Crippen LogP contribution in [0.1, 0.15) is 12.5 Å². The van der Waals surface area contributed by atoms with Crippen molar-refractivity contribution in [2.45, 2.75) is 24.4 Å². The van der Waals surface area contributed by atoms with Gasteiger partial charge in [-0.3, -0.25) is 0 Å². The normalized spacial score (nSPS) is 13.6. The van der Waals surface area contributed by atoms with E-state index in [4.69, 9.17) is 5.73 Å². The second-order valence-electron chi connectivity index (χ2n) is 3.83. The molecule has 96 valence electrons. The van der Waals surface area contributed by atoms with Gasteiger partial charge in [-0.15, -0.1) is 0 Å². The number of benzene rings is 1. The minimum Gasteiger partial charge on any atom is -0.326 e. The minimum absolute atomic E-state index is 0.0865. The van der Waals surface area contributed by atoms with Gasteiger partial charge in [-0.25, -0.2) is 13.1 Å². The fraction of sp³-hybridized carbons (Fsp3) is 0.455. The maximum atomic E-state index is 12.0. The lowest BCUT2D eigenvalue weighted by atomic mass is 10.2. The van der Waals surface area contributed by atoms with Crippen molar-refractivity contribution in [3.05, 3.63) is 29.8 Å². The van der Waals surface area contributed by atoms with Crippen LogP contribution in [0, 0.1) is 0 Å². The zero-order valence-corrected chi connectivity index (χ0v) is 11.6. The Labute approximate surface area is 107 Å². The Bertz CT molecular complexity index is 460. The van der Waals surface area contributed by atoms with Crippen LogP contribution in [-0.4, -0.2) is 26.5 Å². The van der Waals surface area contributed by atoms with Crippen LogP contribution in [0.15, 0.2) is 29.2 Å². The lowest BCUT2D eigenvalue weighted by Gasteiger charge is -2.13. The molecule has 0 amide bonds. The average molecular weight is 274 g/mol. The zero-order valence-electron chi connectivity index (χ0n) is 10.0. The quantitative estimate of drug-likeness (QED) is 0.817. The molecule has 0 bridgehead atoms. The van der Waals surface area contributed by atoms with E-state index in [-0.39, 0.29) is 10.9 Å². The molecule has 6 heteroatoms. The number of hydrogen-bond acceptors (Lipinski definition) is 4. The first-order valence-corrected chi connectivity index (χ1v) is 8.17. The molecule has 0 heterocycles. The molecule has 0 aliphatic rings. The number of nitrogens with two attached hydrogens (primary N) is 1. The summed E-state index contributed by atoms with van der Waals surface area (Å²) in [6.45, 7) is 2.19. The van der Waals surface area contributed by atoms with E-state index in [0.717, 1.165) is 11.3 Å². The molecular weight excluding hydrogens is 256 g/mol. The van der Waals surface area contributed by atoms with Gasteiger partial charge in [0, 0.05) is 18.3 Å². The van der Waals surface area contributed by atoms with Gasteiger partial charge in [0.05, 0.1) is 4.90 Å². The predicted molar refractivity (Wildman–Crippen MR) is 72.5 cm³/mol. The van der Waals surface area contributed by atoms with Crippen molar-refractivity contribution < 1.29 is 8.42 Å². The first-order valence-electron chi connectivity index (χ1n) is 5.30. The summed E-state index contributed by atoms with van der Waals surface area (Å²) < 4.78 is 26.7. The van der Waals surface area contributed by atoms with Gasteiger partial charge in [-0.2, -0.15) is 11.8 Å². The highest BCUT2D eigenvalue weighted by atomic mass is 32.2. The second-order valence-corrected chi connectivity index (χ2v) is 6.45. The highest BCUT2D eigenvalue weighted by molar-refractivity contribution is 7.98. The van der Waals surface area contributed by atoms with E-state index in [1.807, 2.05) is 19.2 Å². The van der Waals surface area contributed by atoms with Crippen molar-refractivity contribution in [1.29, 1.82) is 0 Å².